The Kier molecular flexibility index (Phi) is 5.20. The number of thioether (sulfide) groups is 1. The second kappa shape index (κ2) is 7.53. The van der Waals surface area contributed by atoms with Crippen molar-refractivity contribution in [2.45, 2.75) is 24.8 Å². The van der Waals surface area contributed by atoms with E-state index < -0.39 is 0 Å². The van der Waals surface area contributed by atoms with E-state index in [1.54, 1.807) is 11.8 Å². The summed E-state index contributed by atoms with van der Waals surface area (Å²) in [6, 6.07) is 16.4. The van der Waals surface area contributed by atoms with Gasteiger partial charge in [0.15, 0.2) is 11.0 Å². The first-order chi connectivity index (χ1) is 11.7. The molecule has 24 heavy (non-hydrogen) atoms. The molecule has 0 amide bonds. The smallest absolute Gasteiger partial charge is 0.191 e. The van der Waals surface area contributed by atoms with Crippen LogP contribution in [0.2, 0.25) is 0 Å². The summed E-state index contributed by atoms with van der Waals surface area (Å²) in [5.74, 6) is 2.54. The molecule has 0 aliphatic carbocycles. The zero-order valence-electron chi connectivity index (χ0n) is 14.2. The van der Waals surface area contributed by atoms with Gasteiger partial charge in [-0.05, 0) is 37.1 Å². The van der Waals surface area contributed by atoms with E-state index in [4.69, 9.17) is 4.74 Å². The maximum absolute atomic E-state index is 5.71. The Labute approximate surface area is 146 Å². The van der Waals surface area contributed by atoms with Gasteiger partial charge in [-0.1, -0.05) is 48.2 Å². The average Bonchev–Trinajstić information content (AvgIpc) is 2.96. The van der Waals surface area contributed by atoms with Crippen LogP contribution in [0.4, 0.5) is 0 Å². The van der Waals surface area contributed by atoms with Gasteiger partial charge >= 0.3 is 0 Å². The Morgan fingerprint density at radius 1 is 1.04 bits per heavy atom. The van der Waals surface area contributed by atoms with Crippen molar-refractivity contribution in [3.8, 4) is 17.1 Å². The molecule has 124 valence electrons. The molecule has 0 aliphatic rings. The maximum atomic E-state index is 5.71. The largest absolute Gasteiger partial charge is 0.493 e. The average molecular weight is 339 g/mol. The van der Waals surface area contributed by atoms with Crippen molar-refractivity contribution in [1.82, 2.24) is 14.8 Å². The number of benzene rings is 2. The number of aryl methyl sites for hydroxylation is 1. The summed E-state index contributed by atoms with van der Waals surface area (Å²) in [4.78, 5) is 0. The SMILES string of the molecule is CCOc1ccccc1-c1nnc(SCc2ccccc2C)n1C. The standard InChI is InChI=1S/C19H21N3OS/c1-4-23-17-12-8-7-11-16(17)18-20-21-19(22(18)3)24-13-15-10-6-5-9-14(15)2/h5-12H,4,13H2,1-3H3. The van der Waals surface area contributed by atoms with Crippen LogP contribution in [0.5, 0.6) is 5.75 Å². The van der Waals surface area contributed by atoms with Gasteiger partial charge in [0.2, 0.25) is 0 Å². The van der Waals surface area contributed by atoms with Crippen molar-refractivity contribution < 1.29 is 4.74 Å². The Morgan fingerprint density at radius 2 is 1.79 bits per heavy atom. The molecule has 0 aliphatic heterocycles. The first kappa shape index (κ1) is 16.6. The highest BCUT2D eigenvalue weighted by molar-refractivity contribution is 7.98. The first-order valence-corrected chi connectivity index (χ1v) is 8.98. The molecule has 0 fully saturated rings. The van der Waals surface area contributed by atoms with Gasteiger partial charge in [0.05, 0.1) is 12.2 Å². The van der Waals surface area contributed by atoms with Crippen LogP contribution in [0, 0.1) is 6.92 Å². The lowest BCUT2D eigenvalue weighted by Gasteiger charge is -2.10. The van der Waals surface area contributed by atoms with Crippen molar-refractivity contribution >= 4 is 11.8 Å². The maximum Gasteiger partial charge on any atom is 0.191 e. The molecule has 1 aromatic heterocycles. The molecule has 1 heterocycles. The lowest BCUT2D eigenvalue weighted by Crippen LogP contribution is -1.99. The number of rotatable bonds is 6. The number of ether oxygens (including phenoxy) is 1. The molecular weight excluding hydrogens is 318 g/mol. The Hall–Kier alpha value is -2.27. The third-order valence-corrected chi connectivity index (χ3v) is 4.95. The van der Waals surface area contributed by atoms with Crippen molar-refractivity contribution in [2.75, 3.05) is 6.61 Å². The van der Waals surface area contributed by atoms with Crippen LogP contribution in [0.3, 0.4) is 0 Å². The van der Waals surface area contributed by atoms with E-state index in [0.29, 0.717) is 6.61 Å². The lowest BCUT2D eigenvalue weighted by atomic mass is 10.1. The predicted molar refractivity (Wildman–Crippen MR) is 98.3 cm³/mol. The van der Waals surface area contributed by atoms with Crippen molar-refractivity contribution in [3.63, 3.8) is 0 Å². The Morgan fingerprint density at radius 3 is 2.58 bits per heavy atom. The molecular formula is C19H21N3OS. The highest BCUT2D eigenvalue weighted by Crippen LogP contribution is 2.31. The second-order valence-electron chi connectivity index (χ2n) is 5.51. The predicted octanol–water partition coefficient (Wildman–Crippen LogP) is 4.48. The molecule has 4 nitrogen and oxygen atoms in total. The van der Waals surface area contributed by atoms with Gasteiger partial charge in [0.25, 0.3) is 0 Å². The fourth-order valence-corrected chi connectivity index (χ4v) is 3.51. The van der Waals surface area contributed by atoms with Crippen LogP contribution >= 0.6 is 11.8 Å². The van der Waals surface area contributed by atoms with E-state index in [0.717, 1.165) is 28.0 Å². The third kappa shape index (κ3) is 3.46. The topological polar surface area (TPSA) is 39.9 Å². The van der Waals surface area contributed by atoms with E-state index in [2.05, 4.69) is 41.4 Å². The van der Waals surface area contributed by atoms with Crippen LogP contribution in [0.1, 0.15) is 18.1 Å². The summed E-state index contributed by atoms with van der Waals surface area (Å²) in [7, 11) is 2.00. The molecule has 3 aromatic rings. The summed E-state index contributed by atoms with van der Waals surface area (Å²) in [5, 5.41) is 9.64. The quantitative estimate of drug-likeness (QED) is 0.621. The fourth-order valence-electron chi connectivity index (χ4n) is 2.52. The molecule has 0 radical (unpaired) electrons. The second-order valence-corrected chi connectivity index (χ2v) is 6.45. The van der Waals surface area contributed by atoms with E-state index in [-0.39, 0.29) is 0 Å². The minimum absolute atomic E-state index is 0.629. The molecule has 5 heteroatoms. The summed E-state index contributed by atoms with van der Waals surface area (Å²) >= 11 is 1.70. The van der Waals surface area contributed by atoms with Gasteiger partial charge in [-0.3, -0.25) is 0 Å². The van der Waals surface area contributed by atoms with Crippen molar-refractivity contribution in [2.24, 2.45) is 7.05 Å². The minimum atomic E-state index is 0.629. The first-order valence-electron chi connectivity index (χ1n) is 7.99. The highest BCUT2D eigenvalue weighted by Gasteiger charge is 2.15. The zero-order valence-corrected chi connectivity index (χ0v) is 15.0. The third-order valence-electron chi connectivity index (χ3n) is 3.88. The molecule has 3 rings (SSSR count). The minimum Gasteiger partial charge on any atom is -0.493 e. The van der Waals surface area contributed by atoms with Gasteiger partial charge < -0.3 is 9.30 Å². The summed E-state index contributed by atoms with van der Waals surface area (Å²) in [6.45, 7) is 4.75. The molecule has 0 N–H and O–H groups in total. The summed E-state index contributed by atoms with van der Waals surface area (Å²) < 4.78 is 7.74. The van der Waals surface area contributed by atoms with Crippen molar-refractivity contribution in [3.05, 3.63) is 59.7 Å². The summed E-state index contributed by atoms with van der Waals surface area (Å²) in [6.07, 6.45) is 0. The number of hydrogen-bond donors (Lipinski definition) is 0. The van der Waals surface area contributed by atoms with Crippen LogP contribution < -0.4 is 4.74 Å². The van der Waals surface area contributed by atoms with Gasteiger partial charge in [-0.2, -0.15) is 0 Å². The van der Waals surface area contributed by atoms with Crippen LogP contribution in [0.15, 0.2) is 53.7 Å². The molecule has 2 aromatic carbocycles. The van der Waals surface area contributed by atoms with Gasteiger partial charge in [-0.15, -0.1) is 10.2 Å². The molecule has 0 saturated carbocycles. The van der Waals surface area contributed by atoms with Crippen LogP contribution in [-0.4, -0.2) is 21.4 Å². The molecule has 0 spiro atoms. The summed E-state index contributed by atoms with van der Waals surface area (Å²) in [5.41, 5.74) is 3.59. The Bertz CT molecular complexity index is 829. The molecule has 0 unspecified atom stereocenters. The monoisotopic (exact) mass is 339 g/mol. The van der Waals surface area contributed by atoms with Crippen molar-refractivity contribution in [1.29, 1.82) is 0 Å². The number of hydrogen-bond acceptors (Lipinski definition) is 4. The van der Waals surface area contributed by atoms with Gasteiger partial charge in [0.1, 0.15) is 5.75 Å². The fraction of sp³-hybridized carbons (Fsp3) is 0.263. The number of nitrogens with zero attached hydrogens (tertiary/aromatic N) is 3. The number of aromatic nitrogens is 3. The lowest BCUT2D eigenvalue weighted by molar-refractivity contribution is 0.341. The Balaban J connectivity index is 1.83. The normalized spacial score (nSPS) is 10.8. The zero-order chi connectivity index (χ0) is 16.9. The van der Waals surface area contributed by atoms with Crippen LogP contribution in [0.25, 0.3) is 11.4 Å². The van der Waals surface area contributed by atoms with E-state index >= 15 is 0 Å². The van der Waals surface area contributed by atoms with Crippen LogP contribution in [-0.2, 0) is 12.8 Å². The number of para-hydroxylation sites is 1. The highest BCUT2D eigenvalue weighted by atomic mass is 32.2. The van der Waals surface area contributed by atoms with E-state index in [9.17, 15) is 0 Å². The van der Waals surface area contributed by atoms with E-state index in [1.165, 1.54) is 11.1 Å². The molecule has 0 bridgehead atoms. The molecule has 0 atom stereocenters. The van der Waals surface area contributed by atoms with Gasteiger partial charge in [0, 0.05) is 12.8 Å². The van der Waals surface area contributed by atoms with Gasteiger partial charge in [-0.25, -0.2) is 0 Å². The van der Waals surface area contributed by atoms with E-state index in [1.807, 2.05) is 42.8 Å². The molecule has 0 saturated heterocycles.